The van der Waals surface area contributed by atoms with Gasteiger partial charge >= 0.3 is 29.6 Å². The molecule has 1 aromatic carbocycles. The molecule has 0 fully saturated rings. The van der Waals surface area contributed by atoms with Crippen LogP contribution in [-0.2, 0) is 9.36 Å². The van der Waals surface area contributed by atoms with Crippen LogP contribution in [0.5, 0.6) is 5.75 Å². The van der Waals surface area contributed by atoms with Crippen LogP contribution < -0.4 is 4.52 Å². The minimum atomic E-state index is -2.55. The molecule has 0 aromatic heterocycles. The Balaban J connectivity index is 0.00000144. The number of hydrogen-bond donors (Lipinski definition) is 0. The number of carbonyl (C=O) groups is 1. The van der Waals surface area contributed by atoms with Gasteiger partial charge in [0, 0.05) is 6.92 Å². The summed E-state index contributed by atoms with van der Waals surface area (Å²) in [5, 5.41) is 0. The molecule has 0 N–H and O–H groups in total. The van der Waals surface area contributed by atoms with E-state index in [0.29, 0.717) is 5.75 Å². The molecule has 0 aliphatic heterocycles. The Hall–Kier alpha value is -0.0800. The molecule has 13 heavy (non-hydrogen) atoms. The van der Waals surface area contributed by atoms with Gasteiger partial charge in [-0.2, -0.15) is 0 Å². The quantitative estimate of drug-likeness (QED) is 0.557. The molecule has 0 amide bonds. The Kier molecular flexibility index (Phi) is 6.35. The van der Waals surface area contributed by atoms with Gasteiger partial charge in [-0.1, -0.05) is 18.2 Å². The minimum absolute atomic E-state index is 0. The number of para-hydroxylation sites is 1. The molecule has 1 atom stereocenters. The third-order valence-corrected chi connectivity index (χ3v) is 2.24. The fourth-order valence-corrected chi connectivity index (χ4v) is 1.16. The van der Waals surface area contributed by atoms with Crippen molar-refractivity contribution in [3.05, 3.63) is 30.3 Å². The van der Waals surface area contributed by atoms with E-state index in [1.807, 2.05) is 6.07 Å². The van der Waals surface area contributed by atoms with Crippen molar-refractivity contribution in [3.8, 4) is 5.75 Å². The van der Waals surface area contributed by atoms with E-state index < -0.39 is 13.6 Å². The number of rotatable bonds is 3. The SMILES string of the molecule is CC(=O)[PH](=O)Oc1ccccc1.[NaH]. The molecule has 0 saturated carbocycles. The second-order valence-corrected chi connectivity index (χ2v) is 3.74. The summed E-state index contributed by atoms with van der Waals surface area (Å²) < 4.78 is 15.8. The topological polar surface area (TPSA) is 43.4 Å². The molecule has 0 aliphatic rings. The van der Waals surface area contributed by atoms with Crippen LogP contribution in [-0.4, -0.2) is 35.1 Å². The van der Waals surface area contributed by atoms with Gasteiger partial charge in [0.05, 0.1) is 0 Å². The Labute approximate surface area is 99.6 Å². The van der Waals surface area contributed by atoms with Crippen molar-refractivity contribution < 1.29 is 13.9 Å². The molecule has 0 saturated heterocycles. The second kappa shape index (κ2) is 6.39. The number of benzene rings is 1. The van der Waals surface area contributed by atoms with Crippen LogP contribution in [0.25, 0.3) is 0 Å². The van der Waals surface area contributed by atoms with Crippen LogP contribution in [0.2, 0.25) is 0 Å². The van der Waals surface area contributed by atoms with E-state index >= 15 is 0 Å². The fourth-order valence-electron chi connectivity index (χ4n) is 0.667. The molecule has 3 nitrogen and oxygen atoms in total. The van der Waals surface area contributed by atoms with Crippen molar-refractivity contribution in [2.24, 2.45) is 0 Å². The normalized spacial score (nSPS) is 11.2. The second-order valence-electron chi connectivity index (χ2n) is 2.26. The summed E-state index contributed by atoms with van der Waals surface area (Å²) in [6.07, 6.45) is 0. The summed E-state index contributed by atoms with van der Waals surface area (Å²) in [6, 6.07) is 8.64. The van der Waals surface area contributed by atoms with Gasteiger partial charge in [0.1, 0.15) is 5.75 Å². The van der Waals surface area contributed by atoms with Crippen molar-refractivity contribution in [2.75, 3.05) is 0 Å². The van der Waals surface area contributed by atoms with Crippen LogP contribution in [0.1, 0.15) is 6.92 Å². The van der Waals surface area contributed by atoms with Gasteiger partial charge in [0.15, 0.2) is 0 Å². The van der Waals surface area contributed by atoms with Crippen molar-refractivity contribution in [1.29, 1.82) is 0 Å². The van der Waals surface area contributed by atoms with Gasteiger partial charge in [-0.3, -0.25) is 9.36 Å². The molecule has 1 aromatic rings. The van der Waals surface area contributed by atoms with Gasteiger partial charge in [-0.25, -0.2) is 0 Å². The first-order valence-electron chi connectivity index (χ1n) is 3.48. The molecule has 0 radical (unpaired) electrons. The molecule has 0 heterocycles. The van der Waals surface area contributed by atoms with E-state index in [0.717, 1.165) is 0 Å². The maximum absolute atomic E-state index is 10.9. The summed E-state index contributed by atoms with van der Waals surface area (Å²) >= 11 is 0. The number of hydrogen-bond acceptors (Lipinski definition) is 3. The first kappa shape index (κ1) is 12.9. The van der Waals surface area contributed by atoms with E-state index in [-0.39, 0.29) is 29.6 Å². The van der Waals surface area contributed by atoms with E-state index in [1.54, 1.807) is 24.3 Å². The first-order valence-corrected chi connectivity index (χ1v) is 4.79. The van der Waals surface area contributed by atoms with E-state index in [4.69, 9.17) is 4.52 Å². The first-order chi connectivity index (χ1) is 5.70. The van der Waals surface area contributed by atoms with E-state index in [2.05, 4.69) is 0 Å². The Morgan fingerprint density at radius 2 is 1.85 bits per heavy atom. The molecule has 1 rings (SSSR count). The summed E-state index contributed by atoms with van der Waals surface area (Å²) in [4.78, 5) is 10.6. The van der Waals surface area contributed by atoms with Gasteiger partial charge in [0.2, 0.25) is 5.52 Å². The number of carbonyl (C=O) groups excluding carboxylic acids is 1. The third kappa shape index (κ3) is 4.63. The summed E-state index contributed by atoms with van der Waals surface area (Å²) in [6.45, 7) is 1.25. The Morgan fingerprint density at radius 1 is 1.31 bits per heavy atom. The Bertz CT molecular complexity index is 300. The predicted molar refractivity (Wildman–Crippen MR) is 53.9 cm³/mol. The van der Waals surface area contributed by atoms with Crippen LogP contribution in [0.3, 0.4) is 0 Å². The third-order valence-electron chi connectivity index (χ3n) is 1.24. The van der Waals surface area contributed by atoms with E-state index in [1.165, 1.54) is 6.92 Å². The van der Waals surface area contributed by atoms with Crippen LogP contribution in [0.15, 0.2) is 30.3 Å². The van der Waals surface area contributed by atoms with Gasteiger partial charge in [-0.05, 0) is 12.1 Å². The predicted octanol–water partition coefficient (Wildman–Crippen LogP) is 1.44. The fraction of sp³-hybridized carbons (Fsp3) is 0.125. The van der Waals surface area contributed by atoms with Crippen molar-refractivity contribution in [3.63, 3.8) is 0 Å². The molecular weight excluding hydrogens is 198 g/mol. The average molecular weight is 208 g/mol. The molecule has 5 heteroatoms. The van der Waals surface area contributed by atoms with Crippen molar-refractivity contribution in [1.82, 2.24) is 0 Å². The summed E-state index contributed by atoms with van der Waals surface area (Å²) in [5.74, 6) is 0.469. The zero-order valence-electron chi connectivity index (χ0n) is 6.61. The molecule has 1 unspecified atom stereocenters. The summed E-state index contributed by atoms with van der Waals surface area (Å²) in [7, 11) is -2.55. The van der Waals surface area contributed by atoms with Gasteiger partial charge in [-0.15, -0.1) is 0 Å². The molecule has 0 aliphatic carbocycles. The zero-order valence-corrected chi connectivity index (χ0v) is 7.61. The molecular formula is C8H10NaO3P. The zero-order chi connectivity index (χ0) is 8.97. The van der Waals surface area contributed by atoms with E-state index in [9.17, 15) is 9.36 Å². The van der Waals surface area contributed by atoms with Crippen LogP contribution in [0.4, 0.5) is 0 Å². The average Bonchev–Trinajstić information content (AvgIpc) is 2.06. The van der Waals surface area contributed by atoms with Crippen LogP contribution in [0, 0.1) is 0 Å². The van der Waals surface area contributed by atoms with Crippen molar-refractivity contribution >= 4 is 43.1 Å². The molecule has 0 spiro atoms. The van der Waals surface area contributed by atoms with Crippen LogP contribution >= 0.6 is 8.03 Å². The standard InChI is InChI=1S/C8H9O3P.Na.H/c1-7(9)12(10)11-8-5-3-2-4-6-8;;/h2-6,12H,1H3;;. The monoisotopic (exact) mass is 208 g/mol. The molecule has 66 valence electrons. The van der Waals surface area contributed by atoms with Crippen molar-refractivity contribution in [2.45, 2.75) is 6.92 Å². The molecule has 0 bridgehead atoms. The van der Waals surface area contributed by atoms with Gasteiger partial charge in [0.25, 0.3) is 8.03 Å². The summed E-state index contributed by atoms with van der Waals surface area (Å²) in [5.41, 5.74) is -0.413. The maximum atomic E-state index is 10.9. The van der Waals surface area contributed by atoms with Gasteiger partial charge < -0.3 is 4.52 Å². The Morgan fingerprint density at radius 3 is 2.31 bits per heavy atom.